The largest absolute Gasteiger partial charge is 0.516 e. The number of anilines is 5. The van der Waals surface area contributed by atoms with E-state index in [2.05, 4.69) is 122 Å². The number of nitrogens with zero attached hydrogens (tertiary/aromatic N) is 16. The molecule has 29 nitrogen and oxygen atoms in total. The first-order valence-corrected chi connectivity index (χ1v) is 51.4. The minimum Gasteiger partial charge on any atom is -0.404 e. The number of hydrogen-bond acceptors (Lipinski definition) is 21. The van der Waals surface area contributed by atoms with Crippen molar-refractivity contribution in [2.75, 3.05) is 37.6 Å². The third-order valence-corrected chi connectivity index (χ3v) is 26.6. The Bertz CT molecular complexity index is 6980. The van der Waals surface area contributed by atoms with Crippen molar-refractivity contribution in [3.8, 4) is 67.4 Å². The van der Waals surface area contributed by atoms with Crippen LogP contribution in [0.5, 0.6) is 0 Å². The summed E-state index contributed by atoms with van der Waals surface area (Å²) >= 11 is 25.4. The number of aryl methyl sites for hydroxylation is 4. The Labute approximate surface area is 815 Å². The van der Waals surface area contributed by atoms with Crippen molar-refractivity contribution in [1.82, 2.24) is 73.6 Å². The quantitative estimate of drug-likeness (QED) is 0.0208. The van der Waals surface area contributed by atoms with Crippen LogP contribution in [0.2, 0.25) is 20.1 Å². The molecule has 718 valence electrons. The number of hydrogen-bond donors (Lipinski definition) is 6. The van der Waals surface area contributed by atoms with Crippen LogP contribution in [0.15, 0.2) is 242 Å². The van der Waals surface area contributed by atoms with Crippen LogP contribution >= 0.6 is 46.4 Å². The Kier molecular flexibility index (Phi) is 34.9. The summed E-state index contributed by atoms with van der Waals surface area (Å²) in [5.41, 5.74) is 17.9. The van der Waals surface area contributed by atoms with Crippen molar-refractivity contribution >= 4 is 123 Å². The highest BCUT2D eigenvalue weighted by Crippen LogP contribution is 2.38. The first kappa shape index (κ1) is 102. The molecule has 3 fully saturated rings. The van der Waals surface area contributed by atoms with Gasteiger partial charge in [-0.3, -0.25) is 48.9 Å². The number of aromatic nitrogens is 15. The Morgan fingerprint density at radius 1 is 0.496 bits per heavy atom. The fraction of sp³-hybridized carbons (Fsp3) is 0.306. The van der Waals surface area contributed by atoms with Gasteiger partial charge in [0.25, 0.3) is 5.56 Å². The van der Waals surface area contributed by atoms with Crippen molar-refractivity contribution in [2.24, 2.45) is 22.6 Å². The fourth-order valence-corrected chi connectivity index (χ4v) is 18.2. The van der Waals surface area contributed by atoms with Gasteiger partial charge in [-0.05, 0) is 185 Å². The standard InChI is InChI=1S/C22H24ClN5O.C20H21ClN4O2S.C20H25N5.C18H18ClF3N4O2S.C18H19ClN4O2S/c23-20-9-18(26-17-3-1-2-4-17)11-24-22(20)16-10-25-28(13-16)19-7-8-21(29)27(14-19)12-15-5-6-15;1-2-3-15-10-17(8-9-22-15)25-13-14(12-23-25)19-7-4-16(11-20(19)21)24-28(26,27)18-5-6-18;1-4-5-18-10-19(8-9-21-18)25-14-17(13-24-25)16-6-7-20(23-12-16)22-11-15(2)3;1-2-3-13-8-14(6-7-24-13)25-11-12(10-23)16-5-4-15(9-17(16)19)26-29(27,28)18(20,21)22;1-3-4-14-9-16(7-8-20-14)23-12-13(11-21-23)17-6-5-15(10-18(17)19)22-26(2,24)25/h7-11,13-15,17,26H,1-6,12H2;4,7-13,18,24H,2-3,5-6H2,1H3;6-10,12-15H,4-5,11H2,1-3H3,(H,22,23);4-11,26H,2-3,23H2,1H3;5-12,22H,3-4H2,1-2H3. The molecule has 0 spiro atoms. The molecule has 0 bridgehead atoms. The number of allylic oxidation sites excluding steroid dienone is 1. The predicted octanol–water partition coefficient (Wildman–Crippen LogP) is 21.9. The second-order valence-corrected chi connectivity index (χ2v) is 40.7. The molecule has 0 atom stereocenters. The highest BCUT2D eigenvalue weighted by molar-refractivity contribution is 7.94. The predicted molar refractivity (Wildman–Crippen MR) is 541 cm³/mol. The second-order valence-electron chi connectivity index (χ2n) is 33.7. The zero-order valence-corrected chi connectivity index (χ0v) is 82.0. The Balaban J connectivity index is 0.000000145. The number of rotatable bonds is 33. The van der Waals surface area contributed by atoms with E-state index in [9.17, 15) is 43.2 Å². The second kappa shape index (κ2) is 46.9. The van der Waals surface area contributed by atoms with E-state index in [1.165, 1.54) is 61.7 Å². The summed E-state index contributed by atoms with van der Waals surface area (Å²) in [6.45, 7) is 14.5. The Morgan fingerprint density at radius 3 is 1.47 bits per heavy atom. The van der Waals surface area contributed by atoms with Crippen LogP contribution in [-0.2, 0) is 62.3 Å². The molecular formula is C98H107Cl4F3N22O7S3. The van der Waals surface area contributed by atoms with Crippen molar-refractivity contribution in [1.29, 1.82) is 0 Å². The molecule has 7 N–H and O–H groups in total. The van der Waals surface area contributed by atoms with Crippen molar-refractivity contribution in [3.05, 3.63) is 291 Å². The normalized spacial score (nSPS) is 13.5. The number of aliphatic imine (C=N–C) groups is 1. The van der Waals surface area contributed by atoms with Crippen LogP contribution in [0.4, 0.5) is 47.4 Å². The lowest BCUT2D eigenvalue weighted by Crippen LogP contribution is -2.29. The van der Waals surface area contributed by atoms with E-state index in [0.29, 0.717) is 66.8 Å². The van der Waals surface area contributed by atoms with Gasteiger partial charge in [-0.15, -0.1) is 0 Å². The summed E-state index contributed by atoms with van der Waals surface area (Å²) in [6, 6.07) is 39.2. The SMILES string of the molecule is CCCc1cc(-n2cc(-c3ccc(NCC(C)C)nc3)cn2)ccn1.CCCc1cc(-n2cc(-c3ccc(NS(=O)(=O)C4CC4)cc3Cl)cn2)ccn1.CCCc1cc(-n2cc(-c3ccc(NS(C)(=O)=O)cc3Cl)cn2)ccn1.CCCc1cc(N=CC(=CN)c2ccc(NS(=O)(=O)C(F)(F)F)cc2Cl)ccn1.O=c1ccc(-n2cc(-c3ncc(NC4CCCC4)cc3Cl)cn2)cn1CC1CC1. The minimum absolute atomic E-state index is 0.00285. The molecule has 3 saturated carbocycles. The summed E-state index contributed by atoms with van der Waals surface area (Å²) in [5.74, 6) is 2.14. The van der Waals surface area contributed by atoms with E-state index < -0.39 is 35.6 Å². The summed E-state index contributed by atoms with van der Waals surface area (Å²) in [7, 11) is -12.2. The number of nitrogens with one attached hydrogen (secondary N) is 5. The average Bonchev–Trinajstić information content (AvgIpc) is 1.72. The van der Waals surface area contributed by atoms with Gasteiger partial charge in [-0.2, -0.15) is 42.0 Å². The third-order valence-electron chi connectivity index (χ3n) is 21.8. The maximum absolute atomic E-state index is 12.5. The van der Waals surface area contributed by atoms with Gasteiger partial charge in [-0.1, -0.05) is 145 Å². The van der Waals surface area contributed by atoms with Gasteiger partial charge in [0.15, 0.2) is 0 Å². The highest BCUT2D eigenvalue weighted by atomic mass is 35.5. The summed E-state index contributed by atoms with van der Waals surface area (Å²) < 4.78 is 122. The zero-order valence-electron chi connectivity index (χ0n) is 76.5. The van der Waals surface area contributed by atoms with Crippen LogP contribution < -0.4 is 36.1 Å². The van der Waals surface area contributed by atoms with Gasteiger partial charge in [-0.25, -0.2) is 40.5 Å². The minimum atomic E-state index is -5.54. The van der Waals surface area contributed by atoms with Crippen molar-refractivity contribution in [2.45, 2.75) is 168 Å². The maximum Gasteiger partial charge on any atom is 0.516 e. The van der Waals surface area contributed by atoms with Crippen molar-refractivity contribution < 1.29 is 38.4 Å². The fourth-order valence-electron chi connectivity index (χ4n) is 14.6. The molecule has 3 aliphatic rings. The lowest BCUT2D eigenvalue weighted by atomic mass is 10.1. The lowest BCUT2D eigenvalue weighted by Gasteiger charge is -2.14. The Morgan fingerprint density at radius 2 is 0.985 bits per heavy atom. The van der Waals surface area contributed by atoms with Crippen LogP contribution in [0.3, 0.4) is 0 Å². The van der Waals surface area contributed by atoms with E-state index in [0.717, 1.165) is 192 Å². The van der Waals surface area contributed by atoms with E-state index >= 15 is 0 Å². The van der Waals surface area contributed by atoms with Crippen molar-refractivity contribution in [3.63, 3.8) is 0 Å². The molecule has 0 amide bonds. The molecule has 0 aliphatic heterocycles. The van der Waals surface area contributed by atoms with Crippen LogP contribution in [-0.4, -0.2) is 135 Å². The van der Waals surface area contributed by atoms with Gasteiger partial charge in [0, 0.05) is 184 Å². The highest BCUT2D eigenvalue weighted by Gasteiger charge is 2.46. The monoisotopic (exact) mass is 2000 g/mol. The molecule has 3 aliphatic carbocycles. The average molecular weight is 2000 g/mol. The van der Waals surface area contributed by atoms with Gasteiger partial charge in [0.2, 0.25) is 20.0 Å². The number of nitrogens with two attached hydrogens (primary N) is 1. The van der Waals surface area contributed by atoms with Crippen LogP contribution in [0.25, 0.3) is 73.0 Å². The van der Waals surface area contributed by atoms with E-state index in [1.807, 2.05) is 122 Å². The van der Waals surface area contributed by atoms with Crippen LogP contribution in [0, 0.1) is 11.8 Å². The maximum atomic E-state index is 12.5. The molecule has 39 heteroatoms. The number of pyridine rings is 7. The van der Waals surface area contributed by atoms with Gasteiger partial charge in [0.1, 0.15) is 5.82 Å². The first-order chi connectivity index (χ1) is 65.7. The van der Waals surface area contributed by atoms with Gasteiger partial charge >= 0.3 is 15.5 Å². The molecule has 3 aromatic carbocycles. The number of alkyl halides is 3. The molecule has 0 saturated heterocycles. The molecule has 0 radical (unpaired) electrons. The topological polar surface area (TPSA) is 372 Å². The lowest BCUT2D eigenvalue weighted by molar-refractivity contribution is -0.0429. The number of halogens is 7. The smallest absolute Gasteiger partial charge is 0.404 e. The van der Waals surface area contributed by atoms with Gasteiger partial charge < -0.3 is 20.9 Å². The molecule has 0 unspecified atom stereocenters. The number of sulfonamides is 3. The van der Waals surface area contributed by atoms with Crippen LogP contribution in [0.1, 0.15) is 147 Å². The molecule has 14 aromatic rings. The molecule has 137 heavy (non-hydrogen) atoms. The summed E-state index contributed by atoms with van der Waals surface area (Å²) in [4.78, 5) is 42.8. The molecule has 17 rings (SSSR count). The molecule has 11 aromatic heterocycles. The van der Waals surface area contributed by atoms with E-state index in [-0.39, 0.29) is 21.5 Å². The third kappa shape index (κ3) is 29.2. The number of benzene rings is 3. The Hall–Kier alpha value is -12.6. The van der Waals surface area contributed by atoms with E-state index in [1.54, 1.807) is 104 Å². The molecule has 11 heterocycles. The summed E-state index contributed by atoms with van der Waals surface area (Å²) in [5, 5.41) is 25.9. The molecular weight excluding hydrogens is 1890 g/mol. The zero-order chi connectivity index (χ0) is 97.6. The van der Waals surface area contributed by atoms with Gasteiger partial charge in [0.05, 0.1) is 108 Å². The van der Waals surface area contributed by atoms with E-state index in [4.69, 9.17) is 52.1 Å². The summed E-state index contributed by atoms with van der Waals surface area (Å²) in [6.07, 6.45) is 47.8. The first-order valence-electron chi connectivity index (χ1n) is 45.0.